The topological polar surface area (TPSA) is 79.0 Å². The molecule has 0 radical (unpaired) electrons. The van der Waals surface area contributed by atoms with Crippen LogP contribution in [0.15, 0.2) is 23.1 Å². The van der Waals surface area contributed by atoms with Crippen LogP contribution < -0.4 is 9.46 Å². The van der Waals surface area contributed by atoms with Gasteiger partial charge in [0.25, 0.3) is 5.91 Å². The fourth-order valence-electron chi connectivity index (χ4n) is 4.06. The molecule has 8 heteroatoms. The van der Waals surface area contributed by atoms with E-state index in [1.807, 2.05) is 0 Å². The molecule has 0 bridgehead atoms. The van der Waals surface area contributed by atoms with Crippen molar-refractivity contribution < 1.29 is 17.9 Å². The first kappa shape index (κ1) is 22.1. The number of sulfonamides is 1. The molecule has 2 aliphatic rings. The van der Waals surface area contributed by atoms with Gasteiger partial charge in [-0.05, 0) is 76.4 Å². The molecule has 0 aliphatic carbocycles. The summed E-state index contributed by atoms with van der Waals surface area (Å²) in [5, 5.41) is 0. The van der Waals surface area contributed by atoms with Crippen molar-refractivity contribution in [2.75, 3.05) is 46.4 Å². The van der Waals surface area contributed by atoms with Gasteiger partial charge in [0.05, 0.1) is 17.6 Å². The number of amides is 1. The van der Waals surface area contributed by atoms with Crippen molar-refractivity contribution in [3.8, 4) is 5.75 Å². The largest absolute Gasteiger partial charge is 0.496 e. The summed E-state index contributed by atoms with van der Waals surface area (Å²) >= 11 is 0. The average Bonchev–Trinajstić information content (AvgIpc) is 2.77. The Bertz CT molecular complexity index is 785. The van der Waals surface area contributed by atoms with Crippen LogP contribution in [0.1, 0.15) is 55.3 Å². The Morgan fingerprint density at radius 2 is 1.69 bits per heavy atom. The molecular weight excluding hydrogens is 390 g/mol. The second-order valence-electron chi connectivity index (χ2n) is 7.87. The molecule has 0 unspecified atom stereocenters. The molecule has 0 saturated carbocycles. The van der Waals surface area contributed by atoms with E-state index in [1.54, 1.807) is 11.0 Å². The highest BCUT2D eigenvalue weighted by Crippen LogP contribution is 2.25. The van der Waals surface area contributed by atoms with Gasteiger partial charge < -0.3 is 14.5 Å². The maximum Gasteiger partial charge on any atom is 0.257 e. The Balaban J connectivity index is 1.64. The maximum atomic E-state index is 12.9. The summed E-state index contributed by atoms with van der Waals surface area (Å²) in [5.41, 5.74) is 0.311. The Labute approximate surface area is 174 Å². The number of carbonyl (C=O) groups is 1. The van der Waals surface area contributed by atoms with E-state index in [9.17, 15) is 13.2 Å². The Morgan fingerprint density at radius 3 is 2.34 bits per heavy atom. The van der Waals surface area contributed by atoms with Gasteiger partial charge in [0.1, 0.15) is 5.75 Å². The summed E-state index contributed by atoms with van der Waals surface area (Å²) < 4.78 is 33.5. The Morgan fingerprint density at radius 1 is 1.03 bits per heavy atom. The van der Waals surface area contributed by atoms with E-state index in [0.717, 1.165) is 45.3 Å². The molecule has 3 rings (SSSR count). The summed E-state index contributed by atoms with van der Waals surface area (Å²) in [7, 11) is -2.17. The summed E-state index contributed by atoms with van der Waals surface area (Å²) in [6.45, 7) is 4.91. The molecule has 2 aliphatic heterocycles. The Hall–Kier alpha value is -1.64. The minimum absolute atomic E-state index is 0.108. The predicted octanol–water partition coefficient (Wildman–Crippen LogP) is 2.48. The fraction of sp³-hybridized carbons (Fsp3) is 0.667. The van der Waals surface area contributed by atoms with Gasteiger partial charge in [0.15, 0.2) is 0 Å². The molecule has 1 amide bonds. The van der Waals surface area contributed by atoms with Crippen LogP contribution in [-0.2, 0) is 10.0 Å². The number of rotatable bonds is 8. The fourth-order valence-corrected chi connectivity index (χ4v) is 5.16. The van der Waals surface area contributed by atoms with Crippen LogP contribution in [0.2, 0.25) is 0 Å². The van der Waals surface area contributed by atoms with Crippen LogP contribution in [0.4, 0.5) is 0 Å². The summed E-state index contributed by atoms with van der Waals surface area (Å²) in [5.74, 6) is 0.244. The molecule has 0 aromatic heterocycles. The van der Waals surface area contributed by atoms with Crippen molar-refractivity contribution in [1.82, 2.24) is 14.5 Å². The van der Waals surface area contributed by atoms with Gasteiger partial charge in [-0.15, -0.1) is 0 Å². The number of hydrogen-bond donors (Lipinski definition) is 1. The highest BCUT2D eigenvalue weighted by atomic mass is 32.2. The predicted molar refractivity (Wildman–Crippen MR) is 113 cm³/mol. The maximum absolute atomic E-state index is 12.9. The van der Waals surface area contributed by atoms with Crippen LogP contribution in [0.5, 0.6) is 5.75 Å². The number of nitrogens with zero attached hydrogens (tertiary/aromatic N) is 2. The summed E-state index contributed by atoms with van der Waals surface area (Å²) in [6.07, 6.45) is 7.59. The standard InChI is InChI=1S/C21H33N3O4S/c1-28-20-10-9-18(17-19(20)21(25)24-15-6-3-7-16-24)29(26,27)22-11-8-14-23-12-4-2-5-13-23/h9-10,17,22H,2-8,11-16H2,1H3. The first-order valence-electron chi connectivity index (χ1n) is 10.7. The van der Waals surface area contributed by atoms with E-state index < -0.39 is 10.0 Å². The van der Waals surface area contributed by atoms with Crippen molar-refractivity contribution in [3.05, 3.63) is 23.8 Å². The lowest BCUT2D eigenvalue weighted by atomic mass is 10.1. The number of carbonyl (C=O) groups excluding carboxylic acids is 1. The third-order valence-electron chi connectivity index (χ3n) is 5.75. The van der Waals surface area contributed by atoms with Gasteiger partial charge in [0, 0.05) is 19.6 Å². The number of methoxy groups -OCH3 is 1. The SMILES string of the molecule is COc1ccc(S(=O)(=O)NCCCN2CCCCC2)cc1C(=O)N1CCCCC1. The minimum Gasteiger partial charge on any atom is -0.496 e. The number of hydrogen-bond acceptors (Lipinski definition) is 5. The molecule has 162 valence electrons. The van der Waals surface area contributed by atoms with Crippen molar-refractivity contribution in [3.63, 3.8) is 0 Å². The molecule has 2 saturated heterocycles. The highest BCUT2D eigenvalue weighted by Gasteiger charge is 2.24. The third-order valence-corrected chi connectivity index (χ3v) is 7.21. The quantitative estimate of drug-likeness (QED) is 0.650. The molecule has 2 heterocycles. The second-order valence-corrected chi connectivity index (χ2v) is 9.64. The third kappa shape index (κ3) is 5.93. The van der Waals surface area contributed by atoms with Gasteiger partial charge in [-0.3, -0.25) is 4.79 Å². The molecule has 7 nitrogen and oxygen atoms in total. The van der Waals surface area contributed by atoms with E-state index in [1.165, 1.54) is 38.5 Å². The second kappa shape index (κ2) is 10.4. The van der Waals surface area contributed by atoms with E-state index in [4.69, 9.17) is 4.74 Å². The molecule has 1 aromatic carbocycles. The number of benzene rings is 1. The number of ether oxygens (including phenoxy) is 1. The zero-order valence-corrected chi connectivity index (χ0v) is 18.2. The summed E-state index contributed by atoms with van der Waals surface area (Å²) in [4.78, 5) is 17.2. The molecule has 1 N–H and O–H groups in total. The van der Waals surface area contributed by atoms with Crippen LogP contribution in [0.3, 0.4) is 0 Å². The number of likely N-dealkylation sites (tertiary alicyclic amines) is 2. The Kier molecular flexibility index (Phi) is 7.91. The summed E-state index contributed by atoms with van der Waals surface area (Å²) in [6, 6.07) is 4.51. The van der Waals surface area contributed by atoms with Crippen molar-refractivity contribution in [1.29, 1.82) is 0 Å². The van der Waals surface area contributed by atoms with Crippen LogP contribution in [0, 0.1) is 0 Å². The van der Waals surface area contributed by atoms with E-state index in [2.05, 4.69) is 9.62 Å². The monoisotopic (exact) mass is 423 g/mol. The number of piperidine rings is 2. The van der Waals surface area contributed by atoms with Gasteiger partial charge in [0.2, 0.25) is 10.0 Å². The molecule has 29 heavy (non-hydrogen) atoms. The lowest BCUT2D eigenvalue weighted by molar-refractivity contribution is 0.0720. The first-order valence-corrected chi connectivity index (χ1v) is 12.2. The molecular formula is C21H33N3O4S. The van der Waals surface area contributed by atoms with Gasteiger partial charge in [-0.25, -0.2) is 13.1 Å². The van der Waals surface area contributed by atoms with Gasteiger partial charge >= 0.3 is 0 Å². The normalized spacial score (nSPS) is 18.6. The van der Waals surface area contributed by atoms with Gasteiger partial charge in [-0.1, -0.05) is 6.42 Å². The van der Waals surface area contributed by atoms with E-state index in [-0.39, 0.29) is 10.8 Å². The van der Waals surface area contributed by atoms with Crippen molar-refractivity contribution in [2.45, 2.75) is 49.8 Å². The zero-order valence-electron chi connectivity index (χ0n) is 17.4. The van der Waals surface area contributed by atoms with Crippen molar-refractivity contribution >= 4 is 15.9 Å². The lowest BCUT2D eigenvalue weighted by Gasteiger charge is -2.27. The smallest absolute Gasteiger partial charge is 0.257 e. The zero-order chi connectivity index (χ0) is 20.7. The highest BCUT2D eigenvalue weighted by molar-refractivity contribution is 7.89. The first-order chi connectivity index (χ1) is 14.0. The molecule has 0 atom stereocenters. The number of nitrogens with one attached hydrogen (secondary N) is 1. The van der Waals surface area contributed by atoms with Crippen LogP contribution in [-0.4, -0.2) is 70.5 Å². The molecule has 2 fully saturated rings. The van der Waals surface area contributed by atoms with Crippen LogP contribution >= 0.6 is 0 Å². The van der Waals surface area contributed by atoms with Crippen LogP contribution in [0.25, 0.3) is 0 Å². The van der Waals surface area contributed by atoms with E-state index in [0.29, 0.717) is 30.9 Å². The molecule has 1 aromatic rings. The lowest BCUT2D eigenvalue weighted by Crippen LogP contribution is -2.36. The molecule has 0 spiro atoms. The minimum atomic E-state index is -3.67. The van der Waals surface area contributed by atoms with E-state index >= 15 is 0 Å². The van der Waals surface area contributed by atoms with Crippen molar-refractivity contribution in [2.24, 2.45) is 0 Å². The van der Waals surface area contributed by atoms with Gasteiger partial charge in [-0.2, -0.15) is 0 Å². The average molecular weight is 424 g/mol.